The molecule has 0 bridgehead atoms. The lowest BCUT2D eigenvalue weighted by molar-refractivity contribution is -0.133. The molecule has 1 N–H and O–H groups in total. The summed E-state index contributed by atoms with van der Waals surface area (Å²) in [7, 11) is 0. The number of hydrogen-bond acceptors (Lipinski definition) is 4. The highest BCUT2D eigenvalue weighted by atomic mass is 16.2. The SMILES string of the molecule is CC(=O)c1cccc(NC(=O)C(c2ccccc2)N2CCN(C(=O)Cc3ccccc3C)CC2)c1. The molecule has 180 valence electrons. The summed E-state index contributed by atoms with van der Waals surface area (Å²) in [5.74, 6) is -0.0931. The van der Waals surface area contributed by atoms with E-state index in [1.807, 2.05) is 66.4 Å². The fourth-order valence-electron chi connectivity index (χ4n) is 4.50. The van der Waals surface area contributed by atoms with Crippen LogP contribution in [-0.2, 0) is 16.0 Å². The van der Waals surface area contributed by atoms with Crippen LogP contribution in [0, 0.1) is 6.92 Å². The number of benzene rings is 3. The van der Waals surface area contributed by atoms with Gasteiger partial charge in [0.2, 0.25) is 11.8 Å². The van der Waals surface area contributed by atoms with E-state index in [-0.39, 0.29) is 17.6 Å². The van der Waals surface area contributed by atoms with Crippen molar-refractivity contribution in [2.45, 2.75) is 26.3 Å². The maximum atomic E-state index is 13.5. The van der Waals surface area contributed by atoms with Gasteiger partial charge in [-0.25, -0.2) is 0 Å². The van der Waals surface area contributed by atoms with Gasteiger partial charge in [0.1, 0.15) is 6.04 Å². The average Bonchev–Trinajstić information content (AvgIpc) is 2.87. The molecule has 35 heavy (non-hydrogen) atoms. The molecule has 6 nitrogen and oxygen atoms in total. The Hall–Kier alpha value is -3.77. The minimum absolute atomic E-state index is 0.0489. The van der Waals surface area contributed by atoms with Crippen LogP contribution in [0.4, 0.5) is 5.69 Å². The lowest BCUT2D eigenvalue weighted by Crippen LogP contribution is -2.52. The average molecular weight is 470 g/mol. The Bertz CT molecular complexity index is 1200. The summed E-state index contributed by atoms with van der Waals surface area (Å²) in [6.45, 7) is 5.87. The molecule has 1 unspecified atom stereocenters. The summed E-state index contributed by atoms with van der Waals surface area (Å²) in [6, 6.07) is 24.1. The number of carbonyl (C=O) groups excluding carboxylic acids is 3. The minimum Gasteiger partial charge on any atom is -0.340 e. The smallest absolute Gasteiger partial charge is 0.246 e. The number of amides is 2. The van der Waals surface area contributed by atoms with Gasteiger partial charge in [-0.1, -0.05) is 66.7 Å². The Kier molecular flexibility index (Phi) is 7.73. The Morgan fingerprint density at radius 3 is 2.23 bits per heavy atom. The standard InChI is InChI=1S/C29H31N3O3/c1-21-9-6-7-12-24(21)20-27(34)31-15-17-32(18-16-31)28(23-10-4-3-5-11-23)29(35)30-26-14-8-13-25(19-26)22(2)33/h3-14,19,28H,15-18,20H2,1-2H3,(H,30,35). The summed E-state index contributed by atoms with van der Waals surface area (Å²) in [5, 5.41) is 2.99. The van der Waals surface area contributed by atoms with Gasteiger partial charge in [-0.15, -0.1) is 0 Å². The van der Waals surface area contributed by atoms with Gasteiger partial charge in [0, 0.05) is 37.4 Å². The third kappa shape index (κ3) is 6.03. The van der Waals surface area contributed by atoms with E-state index < -0.39 is 6.04 Å². The van der Waals surface area contributed by atoms with Gasteiger partial charge in [0.15, 0.2) is 5.78 Å². The zero-order chi connectivity index (χ0) is 24.8. The number of nitrogens with zero attached hydrogens (tertiary/aromatic N) is 2. The molecule has 1 aliphatic heterocycles. The van der Waals surface area contributed by atoms with E-state index in [4.69, 9.17) is 0 Å². The first kappa shape index (κ1) is 24.4. The molecule has 6 heteroatoms. The van der Waals surface area contributed by atoms with E-state index in [2.05, 4.69) is 10.2 Å². The molecule has 0 aliphatic carbocycles. The van der Waals surface area contributed by atoms with Gasteiger partial charge in [-0.2, -0.15) is 0 Å². The third-order valence-electron chi connectivity index (χ3n) is 6.54. The highest BCUT2D eigenvalue weighted by Gasteiger charge is 2.31. The van der Waals surface area contributed by atoms with Crippen molar-refractivity contribution in [1.82, 2.24) is 9.80 Å². The number of Topliss-reactive ketones (excluding diaryl/α,β-unsaturated/α-hetero) is 1. The normalized spacial score (nSPS) is 14.9. The highest BCUT2D eigenvalue weighted by Crippen LogP contribution is 2.25. The maximum Gasteiger partial charge on any atom is 0.246 e. The maximum absolute atomic E-state index is 13.5. The van der Waals surface area contributed by atoms with Crippen LogP contribution in [0.5, 0.6) is 0 Å². The van der Waals surface area contributed by atoms with Crippen LogP contribution < -0.4 is 5.32 Å². The lowest BCUT2D eigenvalue weighted by atomic mass is 10.0. The zero-order valence-electron chi connectivity index (χ0n) is 20.2. The molecule has 1 aliphatic rings. The topological polar surface area (TPSA) is 69.7 Å². The molecule has 3 aromatic carbocycles. The number of aryl methyl sites for hydroxylation is 1. The van der Waals surface area contributed by atoms with Crippen LogP contribution in [0.2, 0.25) is 0 Å². The fraction of sp³-hybridized carbons (Fsp3) is 0.276. The van der Waals surface area contributed by atoms with Gasteiger partial charge in [-0.05, 0) is 42.7 Å². The van der Waals surface area contributed by atoms with Crippen molar-refractivity contribution in [2.24, 2.45) is 0 Å². The first-order valence-corrected chi connectivity index (χ1v) is 12.0. The molecular formula is C29H31N3O3. The molecular weight excluding hydrogens is 438 g/mol. The van der Waals surface area contributed by atoms with Crippen molar-refractivity contribution in [2.75, 3.05) is 31.5 Å². The quantitative estimate of drug-likeness (QED) is 0.525. The summed E-state index contributed by atoms with van der Waals surface area (Å²) >= 11 is 0. The van der Waals surface area contributed by atoms with E-state index in [1.165, 1.54) is 6.92 Å². The van der Waals surface area contributed by atoms with Crippen molar-refractivity contribution in [3.63, 3.8) is 0 Å². The monoisotopic (exact) mass is 469 g/mol. The van der Waals surface area contributed by atoms with Gasteiger partial charge >= 0.3 is 0 Å². The predicted octanol–water partition coefficient (Wildman–Crippen LogP) is 4.26. The van der Waals surface area contributed by atoms with E-state index in [0.717, 1.165) is 16.7 Å². The lowest BCUT2D eigenvalue weighted by Gasteiger charge is -2.39. The van der Waals surface area contributed by atoms with Crippen molar-refractivity contribution in [3.05, 3.63) is 101 Å². The van der Waals surface area contributed by atoms with Crippen molar-refractivity contribution in [3.8, 4) is 0 Å². The Morgan fingerprint density at radius 1 is 0.857 bits per heavy atom. The number of carbonyl (C=O) groups is 3. The van der Waals surface area contributed by atoms with Crippen molar-refractivity contribution < 1.29 is 14.4 Å². The molecule has 0 radical (unpaired) electrons. The second kappa shape index (κ2) is 11.1. The van der Waals surface area contributed by atoms with Crippen LogP contribution >= 0.6 is 0 Å². The highest BCUT2D eigenvalue weighted by molar-refractivity contribution is 5.98. The Labute approximate surface area is 206 Å². The number of nitrogens with one attached hydrogen (secondary N) is 1. The van der Waals surface area contributed by atoms with E-state index in [0.29, 0.717) is 43.9 Å². The number of hydrogen-bond donors (Lipinski definition) is 1. The molecule has 2 amide bonds. The van der Waals surface area contributed by atoms with Crippen LogP contribution in [0.1, 0.15) is 40.0 Å². The predicted molar refractivity (Wildman–Crippen MR) is 137 cm³/mol. The van der Waals surface area contributed by atoms with E-state index >= 15 is 0 Å². The number of rotatable bonds is 7. The molecule has 0 saturated carbocycles. The van der Waals surface area contributed by atoms with Gasteiger partial charge in [0.05, 0.1) is 6.42 Å². The largest absolute Gasteiger partial charge is 0.340 e. The van der Waals surface area contributed by atoms with Crippen LogP contribution in [-0.4, -0.2) is 53.6 Å². The molecule has 0 spiro atoms. The zero-order valence-corrected chi connectivity index (χ0v) is 20.2. The van der Waals surface area contributed by atoms with Gasteiger partial charge < -0.3 is 10.2 Å². The Balaban J connectivity index is 1.46. The number of anilines is 1. The van der Waals surface area contributed by atoms with Crippen molar-refractivity contribution >= 4 is 23.3 Å². The first-order valence-electron chi connectivity index (χ1n) is 12.0. The second-order valence-corrected chi connectivity index (χ2v) is 8.96. The number of ketones is 1. The molecule has 4 rings (SSSR count). The third-order valence-corrected chi connectivity index (χ3v) is 6.54. The summed E-state index contributed by atoms with van der Waals surface area (Å²) in [4.78, 5) is 42.2. The van der Waals surface area contributed by atoms with E-state index in [9.17, 15) is 14.4 Å². The number of piperazine rings is 1. The fourth-order valence-corrected chi connectivity index (χ4v) is 4.50. The molecule has 3 aromatic rings. The molecule has 1 fully saturated rings. The van der Waals surface area contributed by atoms with Crippen molar-refractivity contribution in [1.29, 1.82) is 0 Å². The summed E-state index contributed by atoms with van der Waals surface area (Å²) in [6.07, 6.45) is 0.391. The summed E-state index contributed by atoms with van der Waals surface area (Å²) in [5.41, 5.74) is 4.21. The second-order valence-electron chi connectivity index (χ2n) is 8.96. The van der Waals surface area contributed by atoms with Gasteiger partial charge in [-0.3, -0.25) is 19.3 Å². The molecule has 1 saturated heterocycles. The molecule has 1 heterocycles. The summed E-state index contributed by atoms with van der Waals surface area (Å²) < 4.78 is 0. The molecule has 0 aromatic heterocycles. The van der Waals surface area contributed by atoms with E-state index in [1.54, 1.807) is 24.3 Å². The molecule has 1 atom stereocenters. The van der Waals surface area contributed by atoms with Gasteiger partial charge in [0.25, 0.3) is 0 Å². The van der Waals surface area contributed by atoms with Crippen LogP contribution in [0.3, 0.4) is 0 Å². The Morgan fingerprint density at radius 2 is 1.54 bits per heavy atom. The first-order chi connectivity index (χ1) is 16.9. The minimum atomic E-state index is -0.495. The van der Waals surface area contributed by atoms with Crippen LogP contribution in [0.15, 0.2) is 78.9 Å². The van der Waals surface area contributed by atoms with Crippen LogP contribution in [0.25, 0.3) is 0 Å².